The smallest absolute Gasteiger partial charge is 0.220 e. The minimum atomic E-state index is 0.151. The third-order valence-corrected chi connectivity index (χ3v) is 3.62. The number of anilines is 1. The van der Waals surface area contributed by atoms with Crippen LogP contribution in [0.4, 0.5) is 5.82 Å². The first-order chi connectivity index (χ1) is 9.78. The van der Waals surface area contributed by atoms with E-state index in [1.165, 1.54) is 0 Å². The van der Waals surface area contributed by atoms with Gasteiger partial charge in [-0.05, 0) is 18.9 Å². The van der Waals surface area contributed by atoms with Crippen LogP contribution in [-0.2, 0) is 4.79 Å². The molecule has 0 aliphatic carbocycles. The summed E-state index contributed by atoms with van der Waals surface area (Å²) in [5, 5.41) is 7.40. The Morgan fingerprint density at radius 2 is 2.35 bits per heavy atom. The number of aromatic nitrogens is 3. The molecule has 1 saturated heterocycles. The van der Waals surface area contributed by atoms with E-state index in [0.717, 1.165) is 37.4 Å². The highest BCUT2D eigenvalue weighted by molar-refractivity contribution is 5.76. The van der Waals surface area contributed by atoms with Gasteiger partial charge in [-0.3, -0.25) is 4.79 Å². The molecule has 1 N–H and O–H groups in total. The molecule has 20 heavy (non-hydrogen) atoms. The SMILES string of the molecule is CCCC(=O)NC1CCN(c2ccnc3ccnn23)C1. The van der Waals surface area contributed by atoms with E-state index in [1.54, 1.807) is 12.4 Å². The molecular weight excluding hydrogens is 254 g/mol. The fraction of sp³-hybridized carbons (Fsp3) is 0.500. The molecule has 6 heteroatoms. The van der Waals surface area contributed by atoms with Crippen LogP contribution >= 0.6 is 0 Å². The monoisotopic (exact) mass is 273 g/mol. The maximum Gasteiger partial charge on any atom is 0.220 e. The van der Waals surface area contributed by atoms with Crippen LogP contribution in [0.1, 0.15) is 26.2 Å². The Morgan fingerprint density at radius 1 is 1.45 bits per heavy atom. The van der Waals surface area contributed by atoms with Crippen LogP contribution in [0.2, 0.25) is 0 Å². The van der Waals surface area contributed by atoms with E-state index >= 15 is 0 Å². The van der Waals surface area contributed by atoms with Gasteiger partial charge in [0, 0.05) is 37.8 Å². The number of hydrogen-bond donors (Lipinski definition) is 1. The van der Waals surface area contributed by atoms with Gasteiger partial charge in [0.1, 0.15) is 5.82 Å². The fourth-order valence-electron chi connectivity index (χ4n) is 2.67. The summed E-state index contributed by atoms with van der Waals surface area (Å²) in [5.41, 5.74) is 0.848. The number of hydrogen-bond acceptors (Lipinski definition) is 4. The predicted octanol–water partition coefficient (Wildman–Crippen LogP) is 1.22. The lowest BCUT2D eigenvalue weighted by atomic mass is 10.2. The van der Waals surface area contributed by atoms with Crippen LogP contribution in [0, 0.1) is 0 Å². The zero-order chi connectivity index (χ0) is 13.9. The number of nitrogens with zero attached hydrogens (tertiary/aromatic N) is 4. The first-order valence-corrected chi connectivity index (χ1v) is 7.11. The van der Waals surface area contributed by atoms with Crippen molar-refractivity contribution in [2.45, 2.75) is 32.2 Å². The average Bonchev–Trinajstić information content (AvgIpc) is 3.06. The molecule has 2 aromatic heterocycles. The van der Waals surface area contributed by atoms with E-state index in [1.807, 2.05) is 23.6 Å². The third-order valence-electron chi connectivity index (χ3n) is 3.62. The van der Waals surface area contributed by atoms with E-state index in [0.29, 0.717) is 6.42 Å². The largest absolute Gasteiger partial charge is 0.354 e. The Kier molecular flexibility index (Phi) is 3.54. The van der Waals surface area contributed by atoms with E-state index < -0.39 is 0 Å². The van der Waals surface area contributed by atoms with Crippen LogP contribution < -0.4 is 10.2 Å². The Hall–Kier alpha value is -2.11. The van der Waals surface area contributed by atoms with Gasteiger partial charge in [-0.2, -0.15) is 9.61 Å². The summed E-state index contributed by atoms with van der Waals surface area (Å²) in [7, 11) is 0. The maximum absolute atomic E-state index is 11.7. The van der Waals surface area contributed by atoms with Gasteiger partial charge in [0.05, 0.1) is 6.20 Å². The predicted molar refractivity (Wildman–Crippen MR) is 76.7 cm³/mol. The molecule has 3 rings (SSSR count). The molecule has 0 saturated carbocycles. The second kappa shape index (κ2) is 5.48. The number of fused-ring (bicyclic) bond motifs is 1. The summed E-state index contributed by atoms with van der Waals surface area (Å²) in [6, 6.07) is 4.09. The van der Waals surface area contributed by atoms with Crippen molar-refractivity contribution in [3.05, 3.63) is 24.5 Å². The number of carbonyl (C=O) groups excluding carboxylic acids is 1. The van der Waals surface area contributed by atoms with E-state index in [4.69, 9.17) is 0 Å². The van der Waals surface area contributed by atoms with Gasteiger partial charge < -0.3 is 10.2 Å². The summed E-state index contributed by atoms with van der Waals surface area (Å²) >= 11 is 0. The molecule has 6 nitrogen and oxygen atoms in total. The Morgan fingerprint density at radius 3 is 3.20 bits per heavy atom. The van der Waals surface area contributed by atoms with Gasteiger partial charge in [0.2, 0.25) is 5.91 Å². The molecule has 2 aromatic rings. The Labute approximate surface area is 117 Å². The highest BCUT2D eigenvalue weighted by atomic mass is 16.1. The van der Waals surface area contributed by atoms with Crippen LogP contribution in [0.15, 0.2) is 24.5 Å². The molecule has 0 spiro atoms. The lowest BCUT2D eigenvalue weighted by molar-refractivity contribution is -0.121. The Balaban J connectivity index is 1.71. The van der Waals surface area contributed by atoms with E-state index in [2.05, 4.69) is 20.3 Å². The zero-order valence-corrected chi connectivity index (χ0v) is 11.6. The number of amides is 1. The molecule has 1 unspecified atom stereocenters. The summed E-state index contributed by atoms with van der Waals surface area (Å²) < 4.78 is 1.84. The number of rotatable bonds is 4. The minimum Gasteiger partial charge on any atom is -0.354 e. The fourth-order valence-corrected chi connectivity index (χ4v) is 2.67. The van der Waals surface area contributed by atoms with Gasteiger partial charge in [-0.25, -0.2) is 4.98 Å². The van der Waals surface area contributed by atoms with Crippen molar-refractivity contribution in [2.75, 3.05) is 18.0 Å². The summed E-state index contributed by atoms with van der Waals surface area (Å²) in [4.78, 5) is 18.2. The normalized spacial score (nSPS) is 18.6. The molecule has 1 aliphatic rings. The van der Waals surface area contributed by atoms with Crippen molar-refractivity contribution in [3.8, 4) is 0 Å². The maximum atomic E-state index is 11.7. The molecule has 3 heterocycles. The molecule has 0 radical (unpaired) electrons. The molecule has 1 aliphatic heterocycles. The quantitative estimate of drug-likeness (QED) is 0.910. The standard InChI is InChI=1S/C14H19N5O/c1-2-3-13(20)17-11-6-9-18(10-11)14-5-7-15-12-4-8-16-19(12)14/h4-5,7-8,11H,2-3,6,9-10H2,1H3,(H,17,20). The van der Waals surface area contributed by atoms with Crippen molar-refractivity contribution in [2.24, 2.45) is 0 Å². The van der Waals surface area contributed by atoms with Crippen molar-refractivity contribution in [1.29, 1.82) is 0 Å². The van der Waals surface area contributed by atoms with Crippen molar-refractivity contribution in [3.63, 3.8) is 0 Å². The molecule has 1 atom stereocenters. The van der Waals surface area contributed by atoms with Gasteiger partial charge in [-0.15, -0.1) is 0 Å². The second-order valence-electron chi connectivity index (χ2n) is 5.15. The second-order valence-corrected chi connectivity index (χ2v) is 5.15. The molecular formula is C14H19N5O. The van der Waals surface area contributed by atoms with Crippen LogP contribution in [0.5, 0.6) is 0 Å². The van der Waals surface area contributed by atoms with Crippen molar-refractivity contribution in [1.82, 2.24) is 19.9 Å². The Bertz CT molecular complexity index is 608. The number of nitrogens with one attached hydrogen (secondary N) is 1. The third kappa shape index (κ3) is 2.45. The topological polar surface area (TPSA) is 62.5 Å². The highest BCUT2D eigenvalue weighted by Gasteiger charge is 2.25. The molecule has 1 amide bonds. The van der Waals surface area contributed by atoms with Gasteiger partial charge >= 0.3 is 0 Å². The van der Waals surface area contributed by atoms with Crippen LogP contribution in [0.25, 0.3) is 5.65 Å². The summed E-state index contributed by atoms with van der Waals surface area (Å²) in [6.45, 7) is 3.77. The van der Waals surface area contributed by atoms with E-state index in [9.17, 15) is 4.79 Å². The lowest BCUT2D eigenvalue weighted by Gasteiger charge is -2.19. The summed E-state index contributed by atoms with van der Waals surface area (Å²) in [5.74, 6) is 1.19. The average molecular weight is 273 g/mol. The molecule has 0 aromatic carbocycles. The first kappa shape index (κ1) is 12.9. The summed E-state index contributed by atoms with van der Waals surface area (Å²) in [6.07, 6.45) is 6.02. The van der Waals surface area contributed by atoms with E-state index in [-0.39, 0.29) is 11.9 Å². The van der Waals surface area contributed by atoms with Gasteiger partial charge in [0.15, 0.2) is 5.65 Å². The lowest BCUT2D eigenvalue weighted by Crippen LogP contribution is -2.37. The molecule has 106 valence electrons. The highest BCUT2D eigenvalue weighted by Crippen LogP contribution is 2.20. The number of carbonyl (C=O) groups is 1. The minimum absolute atomic E-state index is 0.151. The van der Waals surface area contributed by atoms with Crippen LogP contribution in [-0.4, -0.2) is 39.6 Å². The van der Waals surface area contributed by atoms with Crippen molar-refractivity contribution >= 4 is 17.4 Å². The first-order valence-electron chi connectivity index (χ1n) is 7.11. The van der Waals surface area contributed by atoms with Crippen LogP contribution in [0.3, 0.4) is 0 Å². The molecule has 1 fully saturated rings. The molecule has 0 bridgehead atoms. The van der Waals surface area contributed by atoms with Crippen molar-refractivity contribution < 1.29 is 4.79 Å². The van der Waals surface area contributed by atoms with Gasteiger partial charge in [-0.1, -0.05) is 6.92 Å². The zero-order valence-electron chi connectivity index (χ0n) is 11.6. The van der Waals surface area contributed by atoms with Gasteiger partial charge in [0.25, 0.3) is 0 Å².